The van der Waals surface area contributed by atoms with Crippen LogP contribution < -0.4 is 5.32 Å². The first-order valence-corrected chi connectivity index (χ1v) is 12.6. The van der Waals surface area contributed by atoms with E-state index in [0.29, 0.717) is 33.6 Å². The Morgan fingerprint density at radius 1 is 1.26 bits per heavy atom. The van der Waals surface area contributed by atoms with Gasteiger partial charge in [-0.05, 0) is 63.5 Å². The number of nitrogens with zero attached hydrogens (tertiary/aromatic N) is 3. The molecule has 1 atom stereocenters. The van der Waals surface area contributed by atoms with Gasteiger partial charge in [-0.15, -0.1) is 11.3 Å². The molecule has 1 fully saturated rings. The highest BCUT2D eigenvalue weighted by molar-refractivity contribution is 7.17. The number of hydrogen-bond donors (Lipinski definition) is 1. The van der Waals surface area contributed by atoms with Gasteiger partial charge in [-0.1, -0.05) is 6.92 Å². The molecule has 0 spiro atoms. The Kier molecular flexibility index (Phi) is 6.06. The summed E-state index contributed by atoms with van der Waals surface area (Å²) in [6.07, 6.45) is 0.741. The van der Waals surface area contributed by atoms with Gasteiger partial charge in [-0.25, -0.2) is 14.3 Å². The summed E-state index contributed by atoms with van der Waals surface area (Å²) in [6.45, 7) is 3.71. The number of carbonyl (C=O) groups is 2. The molecule has 0 radical (unpaired) electrons. The average Bonchev–Trinajstić information content (AvgIpc) is 3.46. The quantitative estimate of drug-likeness (QED) is 0.429. The molecule has 0 bridgehead atoms. The van der Waals surface area contributed by atoms with E-state index in [1.165, 1.54) is 17.4 Å². The number of aromatic nitrogens is 3. The van der Waals surface area contributed by atoms with Gasteiger partial charge in [-0.2, -0.15) is 18.3 Å². The van der Waals surface area contributed by atoms with Gasteiger partial charge in [0.25, 0.3) is 5.91 Å². The highest BCUT2D eigenvalue weighted by Crippen LogP contribution is 2.42. The number of aryl methyl sites for hydroxylation is 1. The molecular weight excluding hydrogens is 481 g/mol. The Labute approximate surface area is 203 Å². The number of halogens is 3. The van der Waals surface area contributed by atoms with Crippen LogP contribution in [0.15, 0.2) is 12.1 Å². The molecule has 2 aliphatic rings. The van der Waals surface area contributed by atoms with Crippen molar-refractivity contribution in [3.63, 3.8) is 0 Å². The Balaban J connectivity index is 1.49. The molecule has 11 heteroatoms. The third-order valence-electron chi connectivity index (χ3n) is 6.45. The molecule has 0 aromatic carbocycles. The standard InChI is InChI=1S/C24H25F3N4O3S/c1-3-12(2)34-23(33)20-14-6-4-5-7-17(14)35-22(20)29-21(32)16-11-19-28-15(13-8-9-13)10-18(24(25,26)27)31(19)30-16/h10-13H,3-9H2,1-2H3,(H,29,32). The lowest BCUT2D eigenvalue weighted by Gasteiger charge is -2.15. The van der Waals surface area contributed by atoms with Crippen LogP contribution in [-0.2, 0) is 23.8 Å². The van der Waals surface area contributed by atoms with Gasteiger partial charge in [0.15, 0.2) is 11.3 Å². The summed E-state index contributed by atoms with van der Waals surface area (Å²) in [7, 11) is 0. The first-order chi connectivity index (χ1) is 16.7. The van der Waals surface area contributed by atoms with E-state index in [2.05, 4.69) is 15.4 Å². The number of rotatable bonds is 6. The molecule has 0 aliphatic heterocycles. The van der Waals surface area contributed by atoms with E-state index in [9.17, 15) is 22.8 Å². The molecule has 3 heterocycles. The van der Waals surface area contributed by atoms with E-state index in [4.69, 9.17) is 4.74 Å². The van der Waals surface area contributed by atoms with E-state index in [1.54, 1.807) is 6.92 Å². The molecule has 1 amide bonds. The Bertz CT molecular complexity index is 1310. The van der Waals surface area contributed by atoms with Crippen LogP contribution >= 0.6 is 11.3 Å². The van der Waals surface area contributed by atoms with Crippen LogP contribution in [0.4, 0.5) is 18.2 Å². The molecule has 2 aliphatic carbocycles. The maximum absolute atomic E-state index is 13.7. The fourth-order valence-corrected chi connectivity index (χ4v) is 5.53. The van der Waals surface area contributed by atoms with Gasteiger partial charge in [0, 0.05) is 22.6 Å². The fourth-order valence-electron chi connectivity index (χ4n) is 4.26. The maximum atomic E-state index is 13.7. The third-order valence-corrected chi connectivity index (χ3v) is 7.66. The van der Waals surface area contributed by atoms with Crippen LogP contribution in [0.25, 0.3) is 5.65 Å². The Hall–Kier alpha value is -2.95. The van der Waals surface area contributed by atoms with E-state index in [0.717, 1.165) is 48.6 Å². The number of alkyl halides is 3. The number of fused-ring (bicyclic) bond motifs is 2. The second kappa shape index (κ2) is 8.92. The van der Waals surface area contributed by atoms with Crippen LogP contribution in [0, 0.1) is 0 Å². The summed E-state index contributed by atoms with van der Waals surface area (Å²) in [5.41, 5.74) is 0.380. The maximum Gasteiger partial charge on any atom is 0.433 e. The molecule has 1 unspecified atom stereocenters. The van der Waals surface area contributed by atoms with Crippen molar-refractivity contribution < 1.29 is 27.5 Å². The van der Waals surface area contributed by atoms with Crippen molar-refractivity contribution in [1.29, 1.82) is 0 Å². The minimum atomic E-state index is -4.65. The Morgan fingerprint density at radius 3 is 2.69 bits per heavy atom. The highest BCUT2D eigenvalue weighted by atomic mass is 32.1. The van der Waals surface area contributed by atoms with E-state index in [1.807, 2.05) is 6.92 Å². The van der Waals surface area contributed by atoms with Crippen LogP contribution in [0.2, 0.25) is 0 Å². The summed E-state index contributed by atoms with van der Waals surface area (Å²) >= 11 is 1.31. The van der Waals surface area contributed by atoms with Gasteiger partial charge in [0.05, 0.1) is 11.7 Å². The van der Waals surface area contributed by atoms with E-state index in [-0.39, 0.29) is 23.4 Å². The van der Waals surface area contributed by atoms with Gasteiger partial charge < -0.3 is 10.1 Å². The van der Waals surface area contributed by atoms with Crippen molar-refractivity contribution in [1.82, 2.24) is 14.6 Å². The zero-order valence-corrected chi connectivity index (χ0v) is 20.2. The fraction of sp³-hybridized carbons (Fsp3) is 0.500. The SMILES string of the molecule is CCC(C)OC(=O)c1c(NC(=O)c2cc3nc(C4CC4)cc(C(F)(F)F)n3n2)sc2c1CCCC2. The van der Waals surface area contributed by atoms with Gasteiger partial charge in [-0.3, -0.25) is 4.79 Å². The lowest BCUT2D eigenvalue weighted by molar-refractivity contribution is -0.142. The van der Waals surface area contributed by atoms with E-state index >= 15 is 0 Å². The topological polar surface area (TPSA) is 85.6 Å². The Morgan fingerprint density at radius 2 is 2.00 bits per heavy atom. The predicted molar refractivity (Wildman–Crippen MR) is 124 cm³/mol. The number of ether oxygens (including phenoxy) is 1. The van der Waals surface area contributed by atoms with Crippen LogP contribution in [-0.4, -0.2) is 32.6 Å². The molecular formula is C24H25F3N4O3S. The summed E-state index contributed by atoms with van der Waals surface area (Å²) in [6, 6.07) is 2.26. The monoisotopic (exact) mass is 506 g/mol. The first kappa shape index (κ1) is 23.8. The van der Waals surface area contributed by atoms with Crippen molar-refractivity contribution in [2.45, 2.75) is 77.0 Å². The molecule has 3 aromatic rings. The zero-order chi connectivity index (χ0) is 24.9. The largest absolute Gasteiger partial charge is 0.459 e. The van der Waals surface area contributed by atoms with Gasteiger partial charge in [0.1, 0.15) is 10.7 Å². The second-order valence-corrected chi connectivity index (χ2v) is 10.2. The molecule has 186 valence electrons. The summed E-state index contributed by atoms with van der Waals surface area (Å²) in [5.74, 6) is -1.20. The normalized spacial score (nSPS) is 16.7. The van der Waals surface area contributed by atoms with Gasteiger partial charge >= 0.3 is 12.1 Å². The van der Waals surface area contributed by atoms with Crippen LogP contribution in [0.1, 0.15) is 94.5 Å². The van der Waals surface area contributed by atoms with Crippen molar-refractivity contribution in [3.05, 3.63) is 45.2 Å². The first-order valence-electron chi connectivity index (χ1n) is 11.8. The smallest absolute Gasteiger partial charge is 0.433 e. The molecule has 5 rings (SSSR count). The number of nitrogens with one attached hydrogen (secondary N) is 1. The number of hydrogen-bond acceptors (Lipinski definition) is 6. The van der Waals surface area contributed by atoms with Crippen molar-refractivity contribution in [3.8, 4) is 0 Å². The number of amides is 1. The van der Waals surface area contributed by atoms with Crippen LogP contribution in [0.5, 0.6) is 0 Å². The lowest BCUT2D eigenvalue weighted by Crippen LogP contribution is -2.19. The molecule has 0 saturated heterocycles. The number of thiophene rings is 1. The molecule has 1 N–H and O–H groups in total. The lowest BCUT2D eigenvalue weighted by atomic mass is 9.95. The summed E-state index contributed by atoms with van der Waals surface area (Å²) in [5, 5.41) is 6.99. The zero-order valence-electron chi connectivity index (χ0n) is 19.4. The minimum Gasteiger partial charge on any atom is -0.459 e. The number of anilines is 1. The molecule has 35 heavy (non-hydrogen) atoms. The summed E-state index contributed by atoms with van der Waals surface area (Å²) < 4.78 is 47.3. The highest BCUT2D eigenvalue weighted by Gasteiger charge is 2.38. The minimum absolute atomic E-state index is 0.00444. The number of esters is 1. The number of carbonyl (C=O) groups excluding carboxylic acids is 2. The molecule has 1 saturated carbocycles. The third kappa shape index (κ3) is 4.65. The summed E-state index contributed by atoms with van der Waals surface area (Å²) in [4.78, 5) is 31.4. The van der Waals surface area contributed by atoms with Crippen molar-refractivity contribution in [2.75, 3.05) is 5.32 Å². The van der Waals surface area contributed by atoms with Gasteiger partial charge in [0.2, 0.25) is 0 Å². The molecule has 3 aromatic heterocycles. The van der Waals surface area contributed by atoms with Crippen molar-refractivity contribution >= 4 is 33.9 Å². The van der Waals surface area contributed by atoms with Crippen LogP contribution in [0.3, 0.4) is 0 Å². The second-order valence-electron chi connectivity index (χ2n) is 9.13. The van der Waals surface area contributed by atoms with Crippen molar-refractivity contribution in [2.24, 2.45) is 0 Å². The molecule has 7 nitrogen and oxygen atoms in total. The average molecular weight is 507 g/mol. The predicted octanol–water partition coefficient (Wildman–Crippen LogP) is 5.77. The van der Waals surface area contributed by atoms with E-state index < -0.39 is 23.7 Å².